The van der Waals surface area contributed by atoms with Crippen molar-refractivity contribution in [1.82, 2.24) is 10.0 Å². The van der Waals surface area contributed by atoms with E-state index < -0.39 is 16.1 Å². The molecule has 0 saturated carbocycles. The first-order valence-electron chi connectivity index (χ1n) is 5.83. The second-order valence-electron chi connectivity index (χ2n) is 4.03. The third kappa shape index (κ3) is 4.37. The van der Waals surface area contributed by atoms with Gasteiger partial charge in [-0.05, 0) is 25.5 Å². The van der Waals surface area contributed by atoms with E-state index in [0.717, 1.165) is 18.4 Å². The van der Waals surface area contributed by atoms with E-state index in [1.54, 1.807) is 12.1 Å². The fraction of sp³-hybridized carbons (Fsp3) is 0.417. The molecule has 0 bridgehead atoms. The van der Waals surface area contributed by atoms with E-state index in [9.17, 15) is 13.2 Å². The molecule has 0 saturated heterocycles. The van der Waals surface area contributed by atoms with Crippen molar-refractivity contribution in [2.24, 2.45) is 0 Å². The number of carbonyl (C=O) groups excluding carboxylic acids is 1. The van der Waals surface area contributed by atoms with Crippen LogP contribution in [0, 0.1) is 6.92 Å². The Kier molecular flexibility index (Phi) is 5.15. The largest absolute Gasteiger partial charge is 0.337 e. The Hall–Kier alpha value is -1.56. The number of sulfonamides is 1. The third-order valence-corrected chi connectivity index (χ3v) is 3.72. The number of rotatable bonds is 5. The van der Waals surface area contributed by atoms with Crippen molar-refractivity contribution in [3.63, 3.8) is 0 Å². The molecule has 0 atom stereocenters. The van der Waals surface area contributed by atoms with E-state index in [0.29, 0.717) is 6.54 Å². The van der Waals surface area contributed by atoms with Crippen LogP contribution in [0.5, 0.6) is 0 Å². The summed E-state index contributed by atoms with van der Waals surface area (Å²) in [6, 6.07) is 5.62. The monoisotopic (exact) mass is 269 g/mol. The summed E-state index contributed by atoms with van der Waals surface area (Å²) in [7, 11) is -3.78. The molecule has 0 fully saturated rings. The summed E-state index contributed by atoms with van der Waals surface area (Å²) in [6.45, 7) is 4.32. The summed E-state index contributed by atoms with van der Waals surface area (Å²) in [5, 5.41) is 2.49. The van der Waals surface area contributed by atoms with Crippen LogP contribution in [0.25, 0.3) is 0 Å². The maximum absolute atomic E-state index is 11.8. The van der Waals surface area contributed by atoms with Gasteiger partial charge in [0, 0.05) is 6.54 Å². The van der Waals surface area contributed by atoms with Gasteiger partial charge < -0.3 is 5.32 Å². The summed E-state index contributed by atoms with van der Waals surface area (Å²) in [5.74, 6) is 0. The van der Waals surface area contributed by atoms with Crippen molar-refractivity contribution >= 4 is 16.1 Å². The highest BCUT2D eigenvalue weighted by atomic mass is 32.2. The minimum Gasteiger partial charge on any atom is -0.337 e. The average molecular weight is 269 g/mol. The molecule has 100 valence electrons. The van der Waals surface area contributed by atoms with Crippen molar-refractivity contribution in [3.05, 3.63) is 29.8 Å². The molecule has 1 aromatic carbocycles. The molecule has 18 heavy (non-hydrogen) atoms. The Balaban J connectivity index is 2.64. The lowest BCUT2D eigenvalue weighted by molar-refractivity contribution is 0.245. The van der Waals surface area contributed by atoms with E-state index in [-0.39, 0.29) is 4.90 Å². The minimum atomic E-state index is -3.78. The van der Waals surface area contributed by atoms with Gasteiger partial charge in [0.25, 0.3) is 10.0 Å². The van der Waals surface area contributed by atoms with Crippen LogP contribution >= 0.6 is 0 Å². The van der Waals surface area contributed by atoms with Crippen LogP contribution in [0.2, 0.25) is 0 Å². The van der Waals surface area contributed by atoms with E-state index in [4.69, 9.17) is 0 Å². The van der Waals surface area contributed by atoms with Crippen LogP contribution < -0.4 is 10.0 Å². The number of aryl methyl sites for hydroxylation is 1. The lowest BCUT2D eigenvalue weighted by Gasteiger charge is -2.08. The van der Waals surface area contributed by atoms with Crippen molar-refractivity contribution in [2.45, 2.75) is 31.6 Å². The Morgan fingerprint density at radius 2 is 1.83 bits per heavy atom. The van der Waals surface area contributed by atoms with Gasteiger partial charge >= 0.3 is 6.03 Å². The molecule has 0 aromatic heterocycles. The summed E-state index contributed by atoms with van der Waals surface area (Å²) in [6.07, 6.45) is 1.75. The zero-order valence-corrected chi connectivity index (χ0v) is 11.4. The highest BCUT2D eigenvalue weighted by molar-refractivity contribution is 7.90. The maximum atomic E-state index is 11.8. The molecule has 0 radical (unpaired) electrons. The first-order chi connectivity index (χ1) is 8.45. The van der Waals surface area contributed by atoms with Crippen LogP contribution in [0.15, 0.2) is 29.2 Å². The van der Waals surface area contributed by atoms with E-state index >= 15 is 0 Å². The van der Waals surface area contributed by atoms with Crippen LogP contribution in [0.3, 0.4) is 0 Å². The van der Waals surface area contributed by atoms with Crippen molar-refractivity contribution in [3.8, 4) is 0 Å². The van der Waals surface area contributed by atoms with Gasteiger partial charge in [-0.3, -0.25) is 0 Å². The number of hydrogen-bond acceptors (Lipinski definition) is 3. The molecule has 2 amide bonds. The fourth-order valence-electron chi connectivity index (χ4n) is 1.31. The molecule has 2 N–H and O–H groups in total. The number of carbonyl (C=O) groups is 1. The number of unbranched alkanes of at least 4 members (excludes halogenated alkanes) is 1. The molecule has 0 unspecified atom stereocenters. The van der Waals surface area contributed by atoms with Gasteiger partial charge in [-0.2, -0.15) is 0 Å². The SMILES string of the molecule is CCCCN[11C](=O)NS(=O)(=O)c1ccc(C)cc1. The van der Waals surface area contributed by atoms with E-state index in [1.165, 1.54) is 12.1 Å². The highest BCUT2D eigenvalue weighted by Gasteiger charge is 2.16. The van der Waals surface area contributed by atoms with Gasteiger partial charge in [0.2, 0.25) is 0 Å². The first kappa shape index (κ1) is 14.5. The van der Waals surface area contributed by atoms with Crippen LogP contribution in [-0.2, 0) is 10.0 Å². The lowest BCUT2D eigenvalue weighted by Crippen LogP contribution is -2.39. The van der Waals surface area contributed by atoms with Crippen LogP contribution in [-0.4, -0.2) is 21.0 Å². The molecule has 5 nitrogen and oxygen atoms in total. The van der Waals surface area contributed by atoms with Crippen molar-refractivity contribution in [1.29, 1.82) is 0 Å². The molecule has 1 aromatic rings. The normalized spacial score (nSPS) is 11.0. The minimum absolute atomic E-state index is 0.0822. The molecule has 6 heteroatoms. The molecule has 0 aliphatic rings. The molecule has 0 aliphatic carbocycles. The van der Waals surface area contributed by atoms with Gasteiger partial charge in [-0.25, -0.2) is 17.9 Å². The second-order valence-corrected chi connectivity index (χ2v) is 5.71. The number of hydrogen-bond donors (Lipinski definition) is 2. The standard InChI is InChI=1S/C12H18N2O3S/c1-3-4-9-13-12(15)14-18(16,17)11-7-5-10(2)6-8-11/h5-8H,3-4,9H2,1-2H3,(H2,13,14,15)/i12-1. The maximum Gasteiger partial charge on any atom is 0.328 e. The van der Waals surface area contributed by atoms with Crippen LogP contribution in [0.1, 0.15) is 25.3 Å². The Morgan fingerprint density at radius 1 is 1.22 bits per heavy atom. The molecule has 0 heterocycles. The summed E-state index contributed by atoms with van der Waals surface area (Å²) in [5.41, 5.74) is 0.960. The number of nitrogens with one attached hydrogen (secondary N) is 2. The van der Waals surface area contributed by atoms with Crippen molar-refractivity contribution in [2.75, 3.05) is 6.54 Å². The third-order valence-electron chi connectivity index (χ3n) is 2.37. The zero-order valence-electron chi connectivity index (χ0n) is 10.6. The van der Waals surface area contributed by atoms with Crippen molar-refractivity contribution < 1.29 is 13.2 Å². The summed E-state index contributed by atoms with van der Waals surface area (Å²) in [4.78, 5) is 11.5. The van der Waals surface area contributed by atoms with Gasteiger partial charge in [0.15, 0.2) is 0 Å². The summed E-state index contributed by atoms with van der Waals surface area (Å²) >= 11 is 0. The smallest absolute Gasteiger partial charge is 0.328 e. The van der Waals surface area contributed by atoms with Gasteiger partial charge in [0.1, 0.15) is 0 Å². The average Bonchev–Trinajstić information content (AvgIpc) is 2.29. The van der Waals surface area contributed by atoms with Crippen LogP contribution in [0.4, 0.5) is 4.79 Å². The van der Waals surface area contributed by atoms with Gasteiger partial charge in [-0.1, -0.05) is 31.0 Å². The summed E-state index contributed by atoms with van der Waals surface area (Å²) < 4.78 is 25.6. The van der Waals surface area contributed by atoms with Gasteiger partial charge in [0.05, 0.1) is 4.90 Å². The highest BCUT2D eigenvalue weighted by Crippen LogP contribution is 2.09. The number of amides is 2. The topological polar surface area (TPSA) is 75.3 Å². The van der Waals surface area contributed by atoms with Gasteiger partial charge in [-0.15, -0.1) is 0 Å². The van der Waals surface area contributed by atoms with E-state index in [2.05, 4.69) is 5.32 Å². The molecule has 0 aliphatic heterocycles. The molecule has 0 spiro atoms. The van der Waals surface area contributed by atoms with E-state index in [1.807, 2.05) is 18.6 Å². The zero-order chi connectivity index (χ0) is 13.6. The Morgan fingerprint density at radius 3 is 2.39 bits per heavy atom. The molecular formula is C12H18N2O3S. The first-order valence-corrected chi connectivity index (χ1v) is 7.31. The fourth-order valence-corrected chi connectivity index (χ4v) is 2.24. The predicted octanol–water partition coefficient (Wildman–Crippen LogP) is 1.78. The molecule has 1 rings (SSSR count). The lowest BCUT2D eigenvalue weighted by atomic mass is 10.2. The molecular weight excluding hydrogens is 251 g/mol. The Labute approximate surface area is 108 Å². The second kappa shape index (κ2) is 6.39. The quantitative estimate of drug-likeness (QED) is 0.800. The Bertz CT molecular complexity index is 495. The number of benzene rings is 1. The number of urea groups is 1. The predicted molar refractivity (Wildman–Crippen MR) is 69.8 cm³/mol.